The Hall–Kier alpha value is -1.94. The molecule has 1 atom stereocenters. The van der Waals surface area contributed by atoms with Crippen molar-refractivity contribution >= 4 is 16.8 Å². The fourth-order valence-corrected chi connectivity index (χ4v) is 1.94. The first kappa shape index (κ1) is 13.5. The van der Waals surface area contributed by atoms with Crippen molar-refractivity contribution in [2.75, 3.05) is 6.54 Å². The second-order valence-electron chi connectivity index (χ2n) is 4.88. The van der Waals surface area contributed by atoms with E-state index in [0.29, 0.717) is 11.3 Å². The van der Waals surface area contributed by atoms with E-state index in [4.69, 9.17) is 0 Å². The van der Waals surface area contributed by atoms with Crippen molar-refractivity contribution in [3.8, 4) is 0 Å². The molecule has 2 N–H and O–H groups in total. The van der Waals surface area contributed by atoms with Crippen LogP contribution in [0.5, 0.6) is 0 Å². The van der Waals surface area contributed by atoms with Crippen molar-refractivity contribution in [1.82, 2.24) is 10.3 Å². The number of aromatic nitrogens is 1. The van der Waals surface area contributed by atoms with Crippen LogP contribution < -0.4 is 5.32 Å². The van der Waals surface area contributed by atoms with Crippen LogP contribution in [-0.2, 0) is 0 Å². The third-order valence-corrected chi connectivity index (χ3v) is 2.97. The molecule has 4 heteroatoms. The summed E-state index contributed by atoms with van der Waals surface area (Å²) in [4.78, 5) is 16.5. The SMILES string of the molecule is Cc1ccc2cc(C(=O)NCC(C)O)c(C)nc2c1. The summed E-state index contributed by atoms with van der Waals surface area (Å²) in [5.41, 5.74) is 3.29. The fourth-order valence-electron chi connectivity index (χ4n) is 1.94. The van der Waals surface area contributed by atoms with Crippen molar-refractivity contribution < 1.29 is 9.90 Å². The molecule has 1 aromatic heterocycles. The topological polar surface area (TPSA) is 62.2 Å². The maximum Gasteiger partial charge on any atom is 0.253 e. The summed E-state index contributed by atoms with van der Waals surface area (Å²) in [6, 6.07) is 7.80. The maximum atomic E-state index is 12.0. The van der Waals surface area contributed by atoms with Gasteiger partial charge in [0.25, 0.3) is 5.91 Å². The first-order valence-electron chi connectivity index (χ1n) is 6.31. The molecule has 0 saturated carbocycles. The van der Waals surface area contributed by atoms with Gasteiger partial charge in [-0.25, -0.2) is 0 Å². The second-order valence-corrected chi connectivity index (χ2v) is 4.88. The highest BCUT2D eigenvalue weighted by Gasteiger charge is 2.12. The summed E-state index contributed by atoms with van der Waals surface area (Å²) in [6.45, 7) is 5.71. The van der Waals surface area contributed by atoms with Crippen LogP contribution >= 0.6 is 0 Å². The Kier molecular flexibility index (Phi) is 3.81. The minimum Gasteiger partial charge on any atom is -0.392 e. The number of hydrogen-bond acceptors (Lipinski definition) is 3. The van der Waals surface area contributed by atoms with Crippen molar-refractivity contribution in [3.05, 3.63) is 41.1 Å². The zero-order valence-corrected chi connectivity index (χ0v) is 11.4. The molecule has 1 unspecified atom stereocenters. The van der Waals surface area contributed by atoms with Gasteiger partial charge in [0.1, 0.15) is 0 Å². The summed E-state index contributed by atoms with van der Waals surface area (Å²) in [7, 11) is 0. The molecule has 1 heterocycles. The van der Waals surface area contributed by atoms with Crippen LogP contribution in [0.4, 0.5) is 0 Å². The molecule has 1 aromatic carbocycles. The average Bonchev–Trinajstić information content (AvgIpc) is 2.35. The fraction of sp³-hybridized carbons (Fsp3) is 0.333. The number of carbonyl (C=O) groups is 1. The third-order valence-electron chi connectivity index (χ3n) is 2.97. The predicted octanol–water partition coefficient (Wildman–Crippen LogP) is 1.96. The minimum absolute atomic E-state index is 0.201. The Morgan fingerprint density at radius 2 is 2.11 bits per heavy atom. The molecule has 4 nitrogen and oxygen atoms in total. The molecule has 1 amide bonds. The van der Waals surface area contributed by atoms with Gasteiger partial charge in [-0.2, -0.15) is 0 Å². The Balaban J connectivity index is 2.36. The van der Waals surface area contributed by atoms with E-state index >= 15 is 0 Å². The van der Waals surface area contributed by atoms with E-state index in [2.05, 4.69) is 10.3 Å². The molecular formula is C15H18N2O2. The normalized spacial score (nSPS) is 12.4. The van der Waals surface area contributed by atoms with Gasteiger partial charge in [0, 0.05) is 11.9 Å². The molecule has 0 aliphatic heterocycles. The number of pyridine rings is 1. The number of nitrogens with zero attached hydrogens (tertiary/aromatic N) is 1. The zero-order valence-electron chi connectivity index (χ0n) is 11.4. The summed E-state index contributed by atoms with van der Waals surface area (Å²) >= 11 is 0. The van der Waals surface area contributed by atoms with E-state index in [1.165, 1.54) is 0 Å². The standard InChI is InChI=1S/C15H18N2O2/c1-9-4-5-12-7-13(11(3)17-14(12)6-9)15(19)16-8-10(2)18/h4-7,10,18H,8H2,1-3H3,(H,16,19). The number of nitrogens with one attached hydrogen (secondary N) is 1. The molecule has 0 aliphatic rings. The van der Waals surface area contributed by atoms with Crippen LogP contribution in [0.15, 0.2) is 24.3 Å². The van der Waals surface area contributed by atoms with Crippen LogP contribution in [0, 0.1) is 13.8 Å². The van der Waals surface area contributed by atoms with E-state index < -0.39 is 6.10 Å². The molecule has 0 radical (unpaired) electrons. The maximum absolute atomic E-state index is 12.0. The van der Waals surface area contributed by atoms with Gasteiger partial charge in [-0.05, 0) is 38.5 Å². The number of amides is 1. The second kappa shape index (κ2) is 5.36. The van der Waals surface area contributed by atoms with Crippen LogP contribution in [0.25, 0.3) is 10.9 Å². The van der Waals surface area contributed by atoms with Gasteiger partial charge in [-0.1, -0.05) is 12.1 Å². The number of rotatable bonds is 3. The van der Waals surface area contributed by atoms with Gasteiger partial charge >= 0.3 is 0 Å². The van der Waals surface area contributed by atoms with Crippen LogP contribution in [0.1, 0.15) is 28.5 Å². The molecule has 2 rings (SSSR count). The smallest absolute Gasteiger partial charge is 0.253 e. The number of benzene rings is 1. The third kappa shape index (κ3) is 3.09. The van der Waals surface area contributed by atoms with Crippen LogP contribution in [0.3, 0.4) is 0 Å². The quantitative estimate of drug-likeness (QED) is 0.884. The van der Waals surface area contributed by atoms with Gasteiger partial charge in [-0.15, -0.1) is 0 Å². The highest BCUT2D eigenvalue weighted by molar-refractivity contribution is 5.98. The first-order chi connectivity index (χ1) is 8.97. The van der Waals surface area contributed by atoms with Crippen molar-refractivity contribution in [3.63, 3.8) is 0 Å². The molecule has 100 valence electrons. The lowest BCUT2D eigenvalue weighted by atomic mass is 10.1. The summed E-state index contributed by atoms with van der Waals surface area (Å²) in [6.07, 6.45) is -0.555. The molecular weight excluding hydrogens is 240 g/mol. The summed E-state index contributed by atoms with van der Waals surface area (Å²) in [5.74, 6) is -0.201. The number of fused-ring (bicyclic) bond motifs is 1. The highest BCUT2D eigenvalue weighted by Crippen LogP contribution is 2.17. The largest absolute Gasteiger partial charge is 0.392 e. The molecule has 0 fully saturated rings. The van der Waals surface area contributed by atoms with Gasteiger partial charge in [0.2, 0.25) is 0 Å². The van der Waals surface area contributed by atoms with E-state index in [0.717, 1.165) is 16.5 Å². The monoisotopic (exact) mass is 258 g/mol. The number of aliphatic hydroxyl groups excluding tert-OH is 1. The number of aliphatic hydroxyl groups is 1. The first-order valence-corrected chi connectivity index (χ1v) is 6.31. The van der Waals surface area contributed by atoms with E-state index in [1.807, 2.05) is 38.1 Å². The zero-order chi connectivity index (χ0) is 14.0. The van der Waals surface area contributed by atoms with E-state index in [9.17, 15) is 9.90 Å². The van der Waals surface area contributed by atoms with Gasteiger partial charge < -0.3 is 10.4 Å². The Morgan fingerprint density at radius 3 is 2.79 bits per heavy atom. The predicted molar refractivity (Wildman–Crippen MR) is 75.2 cm³/mol. The molecule has 19 heavy (non-hydrogen) atoms. The molecule has 0 aliphatic carbocycles. The minimum atomic E-state index is -0.555. The molecule has 0 saturated heterocycles. The highest BCUT2D eigenvalue weighted by atomic mass is 16.3. The van der Waals surface area contributed by atoms with Crippen LogP contribution in [-0.4, -0.2) is 28.6 Å². The lowest BCUT2D eigenvalue weighted by Gasteiger charge is -2.10. The van der Waals surface area contributed by atoms with E-state index in [-0.39, 0.29) is 12.5 Å². The lowest BCUT2D eigenvalue weighted by Crippen LogP contribution is -2.31. The molecule has 2 aromatic rings. The van der Waals surface area contributed by atoms with E-state index in [1.54, 1.807) is 6.92 Å². The summed E-state index contributed by atoms with van der Waals surface area (Å²) in [5, 5.41) is 12.8. The lowest BCUT2D eigenvalue weighted by molar-refractivity contribution is 0.0923. The van der Waals surface area contributed by atoms with Gasteiger partial charge in [0.15, 0.2) is 0 Å². The van der Waals surface area contributed by atoms with Crippen LogP contribution in [0.2, 0.25) is 0 Å². The Morgan fingerprint density at radius 1 is 1.37 bits per heavy atom. The number of aryl methyl sites for hydroxylation is 2. The Labute approximate surface area is 112 Å². The van der Waals surface area contributed by atoms with Crippen molar-refractivity contribution in [2.45, 2.75) is 26.9 Å². The number of carbonyl (C=O) groups excluding carboxylic acids is 1. The van der Waals surface area contributed by atoms with Crippen molar-refractivity contribution in [1.29, 1.82) is 0 Å². The Bertz CT molecular complexity index is 621. The van der Waals surface area contributed by atoms with Crippen molar-refractivity contribution in [2.24, 2.45) is 0 Å². The average molecular weight is 258 g/mol. The molecule has 0 bridgehead atoms. The van der Waals surface area contributed by atoms with Gasteiger partial charge in [0.05, 0.1) is 22.9 Å². The molecule has 0 spiro atoms. The summed E-state index contributed by atoms with van der Waals surface area (Å²) < 4.78 is 0. The number of hydrogen-bond donors (Lipinski definition) is 2. The van der Waals surface area contributed by atoms with Gasteiger partial charge in [-0.3, -0.25) is 9.78 Å².